The molecule has 0 bridgehead atoms. The minimum absolute atomic E-state index is 0.114. The quantitative estimate of drug-likeness (QED) is 0.899. The summed E-state index contributed by atoms with van der Waals surface area (Å²) in [7, 11) is 0. The predicted octanol–water partition coefficient (Wildman–Crippen LogP) is 1.73. The minimum atomic E-state index is -0.114. The fourth-order valence-electron chi connectivity index (χ4n) is 3.98. The van der Waals surface area contributed by atoms with E-state index < -0.39 is 0 Å². The Morgan fingerprint density at radius 2 is 2.25 bits per heavy atom. The van der Waals surface area contributed by atoms with Crippen LogP contribution in [0.15, 0.2) is 29.2 Å². The third-order valence-corrected chi connectivity index (χ3v) is 5.27. The standard InChI is InChI=1S/C18H23N5O/c1-2-14-10-16(24)22-17(21-14)13-4-5-15(20-11-13)23-9-3-6-18(23)7-8-19-12-18/h4-5,10-11,19H,2-3,6-9,12H2,1H3,(H,21,22,24). The first kappa shape index (κ1) is 15.3. The van der Waals surface area contributed by atoms with E-state index >= 15 is 0 Å². The molecule has 0 aromatic carbocycles. The Morgan fingerprint density at radius 1 is 1.33 bits per heavy atom. The molecule has 126 valence electrons. The van der Waals surface area contributed by atoms with Crippen molar-refractivity contribution in [3.63, 3.8) is 0 Å². The zero-order valence-electron chi connectivity index (χ0n) is 14.0. The number of hydrogen-bond acceptors (Lipinski definition) is 5. The van der Waals surface area contributed by atoms with Crippen molar-refractivity contribution in [1.29, 1.82) is 0 Å². The van der Waals surface area contributed by atoms with Crippen molar-refractivity contribution in [3.8, 4) is 11.4 Å². The highest BCUT2D eigenvalue weighted by atomic mass is 16.1. The molecule has 2 aromatic heterocycles. The van der Waals surface area contributed by atoms with Crippen LogP contribution in [0.25, 0.3) is 11.4 Å². The number of nitrogens with zero attached hydrogens (tertiary/aromatic N) is 3. The molecule has 1 unspecified atom stereocenters. The first-order chi connectivity index (χ1) is 11.7. The molecule has 2 saturated heterocycles. The monoisotopic (exact) mass is 325 g/mol. The second-order valence-corrected chi connectivity index (χ2v) is 6.75. The lowest BCUT2D eigenvalue weighted by Gasteiger charge is -2.35. The van der Waals surface area contributed by atoms with Crippen LogP contribution in [0.1, 0.15) is 31.9 Å². The molecule has 2 fully saturated rings. The molecule has 24 heavy (non-hydrogen) atoms. The lowest BCUT2D eigenvalue weighted by molar-refractivity contribution is 0.464. The topological polar surface area (TPSA) is 73.9 Å². The average molecular weight is 325 g/mol. The Hall–Kier alpha value is -2.21. The number of aromatic nitrogens is 3. The van der Waals surface area contributed by atoms with Crippen LogP contribution >= 0.6 is 0 Å². The molecule has 4 rings (SSSR count). The number of aryl methyl sites for hydroxylation is 1. The van der Waals surface area contributed by atoms with Crippen molar-refractivity contribution in [2.24, 2.45) is 0 Å². The molecule has 2 aliphatic heterocycles. The Kier molecular flexibility index (Phi) is 3.84. The number of hydrogen-bond donors (Lipinski definition) is 2. The van der Waals surface area contributed by atoms with E-state index in [9.17, 15) is 4.79 Å². The number of nitrogens with one attached hydrogen (secondary N) is 2. The zero-order chi connectivity index (χ0) is 16.6. The summed E-state index contributed by atoms with van der Waals surface area (Å²) >= 11 is 0. The molecule has 1 spiro atoms. The van der Waals surface area contributed by atoms with Gasteiger partial charge in [-0.15, -0.1) is 0 Å². The van der Waals surface area contributed by atoms with Crippen LogP contribution in [0.5, 0.6) is 0 Å². The van der Waals surface area contributed by atoms with Crippen LogP contribution in [0.2, 0.25) is 0 Å². The summed E-state index contributed by atoms with van der Waals surface area (Å²) in [6.07, 6.45) is 6.20. The van der Waals surface area contributed by atoms with Crippen molar-refractivity contribution >= 4 is 5.82 Å². The normalized spacial score (nSPS) is 23.3. The van der Waals surface area contributed by atoms with E-state index in [2.05, 4.69) is 31.2 Å². The largest absolute Gasteiger partial charge is 0.350 e. The molecule has 4 heterocycles. The maximum Gasteiger partial charge on any atom is 0.251 e. The van der Waals surface area contributed by atoms with Gasteiger partial charge in [0.25, 0.3) is 5.56 Å². The van der Waals surface area contributed by atoms with E-state index in [1.165, 1.54) is 19.3 Å². The molecular formula is C18H23N5O. The molecule has 0 amide bonds. The van der Waals surface area contributed by atoms with Crippen molar-refractivity contribution in [2.75, 3.05) is 24.5 Å². The van der Waals surface area contributed by atoms with Gasteiger partial charge in [-0.1, -0.05) is 6.92 Å². The molecule has 6 nitrogen and oxygen atoms in total. The second kappa shape index (κ2) is 6.02. The van der Waals surface area contributed by atoms with E-state index in [0.717, 1.165) is 43.1 Å². The van der Waals surface area contributed by atoms with Gasteiger partial charge in [0.15, 0.2) is 0 Å². The number of pyridine rings is 1. The van der Waals surface area contributed by atoms with Crippen LogP contribution in [-0.4, -0.2) is 40.1 Å². The zero-order valence-corrected chi connectivity index (χ0v) is 14.0. The number of anilines is 1. The van der Waals surface area contributed by atoms with Gasteiger partial charge in [0, 0.05) is 36.6 Å². The van der Waals surface area contributed by atoms with Gasteiger partial charge >= 0.3 is 0 Å². The molecule has 6 heteroatoms. The molecule has 1 atom stereocenters. The van der Waals surface area contributed by atoms with E-state index in [-0.39, 0.29) is 11.1 Å². The fourth-order valence-corrected chi connectivity index (χ4v) is 3.98. The number of aromatic amines is 1. The second-order valence-electron chi connectivity index (χ2n) is 6.75. The maximum absolute atomic E-state index is 11.8. The van der Waals surface area contributed by atoms with Crippen LogP contribution in [0.3, 0.4) is 0 Å². The molecule has 2 N–H and O–H groups in total. The average Bonchev–Trinajstić information content (AvgIpc) is 3.25. The third kappa shape index (κ3) is 2.60. The Morgan fingerprint density at radius 3 is 2.96 bits per heavy atom. The summed E-state index contributed by atoms with van der Waals surface area (Å²) < 4.78 is 0. The summed E-state index contributed by atoms with van der Waals surface area (Å²) in [4.78, 5) is 26.2. The van der Waals surface area contributed by atoms with Crippen molar-refractivity contribution in [3.05, 3.63) is 40.4 Å². The molecule has 0 saturated carbocycles. The van der Waals surface area contributed by atoms with Gasteiger partial charge in [0.2, 0.25) is 0 Å². The highest BCUT2D eigenvalue weighted by Crippen LogP contribution is 2.37. The Labute approximate surface area is 141 Å². The van der Waals surface area contributed by atoms with Gasteiger partial charge in [-0.3, -0.25) is 4.79 Å². The minimum Gasteiger partial charge on any atom is -0.350 e. The number of rotatable bonds is 3. The summed E-state index contributed by atoms with van der Waals surface area (Å²) in [5.74, 6) is 1.62. The Balaban J connectivity index is 1.63. The van der Waals surface area contributed by atoms with Crippen LogP contribution in [-0.2, 0) is 6.42 Å². The molecule has 0 radical (unpaired) electrons. The van der Waals surface area contributed by atoms with E-state index in [1.807, 2.05) is 19.2 Å². The fraction of sp³-hybridized carbons (Fsp3) is 0.500. The Bertz CT molecular complexity index is 771. The van der Waals surface area contributed by atoms with Crippen molar-refractivity contribution < 1.29 is 0 Å². The van der Waals surface area contributed by atoms with Gasteiger partial charge in [-0.2, -0.15) is 0 Å². The highest BCUT2D eigenvalue weighted by Gasteiger charge is 2.43. The van der Waals surface area contributed by atoms with E-state index in [1.54, 1.807) is 6.07 Å². The van der Waals surface area contributed by atoms with Gasteiger partial charge in [-0.05, 0) is 44.4 Å². The summed E-state index contributed by atoms with van der Waals surface area (Å²) in [6, 6.07) is 5.61. The van der Waals surface area contributed by atoms with Gasteiger partial charge in [-0.25, -0.2) is 9.97 Å². The van der Waals surface area contributed by atoms with Crippen LogP contribution in [0, 0.1) is 0 Å². The smallest absolute Gasteiger partial charge is 0.251 e. The first-order valence-electron chi connectivity index (χ1n) is 8.75. The van der Waals surface area contributed by atoms with Crippen LogP contribution < -0.4 is 15.8 Å². The third-order valence-electron chi connectivity index (χ3n) is 5.27. The molecule has 2 aromatic rings. The number of H-pyrrole nitrogens is 1. The highest BCUT2D eigenvalue weighted by molar-refractivity contribution is 5.57. The predicted molar refractivity (Wildman–Crippen MR) is 94.3 cm³/mol. The van der Waals surface area contributed by atoms with Gasteiger partial charge in [0.1, 0.15) is 11.6 Å². The lowest BCUT2D eigenvalue weighted by Crippen LogP contribution is -2.46. The summed E-state index contributed by atoms with van der Waals surface area (Å²) in [5.41, 5.74) is 1.78. The van der Waals surface area contributed by atoms with Crippen molar-refractivity contribution in [1.82, 2.24) is 20.3 Å². The van der Waals surface area contributed by atoms with Crippen LogP contribution in [0.4, 0.5) is 5.82 Å². The van der Waals surface area contributed by atoms with Gasteiger partial charge < -0.3 is 15.2 Å². The molecule has 2 aliphatic rings. The van der Waals surface area contributed by atoms with E-state index in [4.69, 9.17) is 0 Å². The SMILES string of the molecule is CCc1cc(=O)[nH]c(-c2ccc(N3CCCC34CCNC4)nc2)n1. The molecular weight excluding hydrogens is 302 g/mol. The first-order valence-corrected chi connectivity index (χ1v) is 8.75. The summed E-state index contributed by atoms with van der Waals surface area (Å²) in [6.45, 7) is 5.19. The lowest BCUT2D eigenvalue weighted by atomic mass is 9.95. The summed E-state index contributed by atoms with van der Waals surface area (Å²) in [5, 5.41) is 3.49. The maximum atomic E-state index is 11.8. The van der Waals surface area contributed by atoms with E-state index in [0.29, 0.717) is 5.82 Å². The van der Waals surface area contributed by atoms with Gasteiger partial charge in [0.05, 0.1) is 5.54 Å². The van der Waals surface area contributed by atoms with Crippen molar-refractivity contribution in [2.45, 2.75) is 38.1 Å². The molecule has 0 aliphatic carbocycles.